The van der Waals surface area contributed by atoms with E-state index in [2.05, 4.69) is 16.7 Å². The van der Waals surface area contributed by atoms with E-state index in [-0.39, 0.29) is 12.5 Å². The highest BCUT2D eigenvalue weighted by Crippen LogP contribution is 2.30. The van der Waals surface area contributed by atoms with Gasteiger partial charge in [0, 0.05) is 0 Å². The molecule has 1 amide bonds. The minimum absolute atomic E-state index is 0.0590. The zero-order valence-electron chi connectivity index (χ0n) is 11.6. The second-order valence-corrected chi connectivity index (χ2v) is 6.04. The van der Waals surface area contributed by atoms with Crippen molar-refractivity contribution in [3.63, 3.8) is 0 Å². The van der Waals surface area contributed by atoms with Crippen LogP contribution in [0.4, 0.5) is 5.69 Å². The van der Waals surface area contributed by atoms with E-state index in [1.807, 2.05) is 0 Å². The molecule has 4 nitrogen and oxygen atoms in total. The first-order valence-corrected chi connectivity index (χ1v) is 7.72. The second-order valence-electron chi connectivity index (χ2n) is 5.26. The van der Waals surface area contributed by atoms with Crippen LogP contribution in [0.2, 0.25) is 10.0 Å². The highest BCUT2D eigenvalue weighted by molar-refractivity contribution is 6.43. The summed E-state index contributed by atoms with van der Waals surface area (Å²) >= 11 is 12.0. The number of nitrogens with one attached hydrogen (secondary N) is 2. The standard InChI is InChI=1S/C15H17Cl2N3O/c16-11-5-4-6-12(14(11)17)19-9-13(21)20-15(10-18)7-2-1-3-8-15/h4-6,19H,1-3,7-9H2,(H,20,21). The molecule has 0 aliphatic heterocycles. The topological polar surface area (TPSA) is 64.9 Å². The van der Waals surface area contributed by atoms with Crippen molar-refractivity contribution in [3.05, 3.63) is 28.2 Å². The van der Waals surface area contributed by atoms with Crippen LogP contribution in [0.15, 0.2) is 18.2 Å². The van der Waals surface area contributed by atoms with E-state index < -0.39 is 5.54 Å². The molecular formula is C15H17Cl2N3O. The van der Waals surface area contributed by atoms with Crippen LogP contribution in [0.5, 0.6) is 0 Å². The lowest BCUT2D eigenvalue weighted by atomic mass is 9.83. The molecule has 6 heteroatoms. The monoisotopic (exact) mass is 325 g/mol. The first-order chi connectivity index (χ1) is 10.1. The third-order valence-electron chi connectivity index (χ3n) is 3.69. The fourth-order valence-corrected chi connectivity index (χ4v) is 2.91. The number of anilines is 1. The smallest absolute Gasteiger partial charge is 0.240 e. The molecule has 2 rings (SSSR count). The van der Waals surface area contributed by atoms with Gasteiger partial charge in [0.1, 0.15) is 5.54 Å². The quantitative estimate of drug-likeness (QED) is 0.886. The molecule has 1 aliphatic rings. The summed E-state index contributed by atoms with van der Waals surface area (Å²) in [7, 11) is 0. The molecule has 0 radical (unpaired) electrons. The van der Waals surface area contributed by atoms with Gasteiger partial charge in [-0.15, -0.1) is 0 Å². The molecule has 0 bridgehead atoms. The van der Waals surface area contributed by atoms with Crippen LogP contribution in [0.3, 0.4) is 0 Å². The lowest BCUT2D eigenvalue weighted by molar-refractivity contribution is -0.121. The van der Waals surface area contributed by atoms with Gasteiger partial charge in [-0.05, 0) is 25.0 Å². The summed E-state index contributed by atoms with van der Waals surface area (Å²) in [5.41, 5.74) is -0.108. The summed E-state index contributed by atoms with van der Waals surface area (Å²) in [5.74, 6) is -0.213. The number of hydrogen-bond acceptors (Lipinski definition) is 3. The van der Waals surface area contributed by atoms with Crippen molar-refractivity contribution < 1.29 is 4.79 Å². The highest BCUT2D eigenvalue weighted by Gasteiger charge is 2.33. The van der Waals surface area contributed by atoms with Gasteiger partial charge in [0.2, 0.25) is 5.91 Å². The van der Waals surface area contributed by atoms with Crippen molar-refractivity contribution in [1.29, 1.82) is 5.26 Å². The summed E-state index contributed by atoms with van der Waals surface area (Å²) in [5, 5.41) is 15.9. The van der Waals surface area contributed by atoms with E-state index in [0.717, 1.165) is 19.3 Å². The molecule has 112 valence electrons. The SMILES string of the molecule is N#CC1(NC(=O)CNc2cccc(Cl)c2Cl)CCCCC1. The predicted molar refractivity (Wildman–Crippen MR) is 84.5 cm³/mol. The molecule has 1 aromatic rings. The van der Waals surface area contributed by atoms with Crippen LogP contribution in [-0.4, -0.2) is 18.0 Å². The largest absolute Gasteiger partial charge is 0.375 e. The number of carbonyl (C=O) groups is 1. The number of nitrogens with zero attached hydrogens (tertiary/aromatic N) is 1. The number of hydrogen-bond donors (Lipinski definition) is 2. The summed E-state index contributed by atoms with van der Waals surface area (Å²) in [4.78, 5) is 12.0. The average molecular weight is 326 g/mol. The Morgan fingerprint density at radius 3 is 2.67 bits per heavy atom. The number of carbonyl (C=O) groups excluding carboxylic acids is 1. The molecule has 1 saturated carbocycles. The lowest BCUT2D eigenvalue weighted by Crippen LogP contribution is -2.50. The fraction of sp³-hybridized carbons (Fsp3) is 0.467. The van der Waals surface area contributed by atoms with Crippen LogP contribution in [0.25, 0.3) is 0 Å². The maximum absolute atomic E-state index is 12.0. The summed E-state index contributed by atoms with van der Waals surface area (Å²) in [6.45, 7) is 0.0590. The number of benzene rings is 1. The van der Waals surface area contributed by atoms with Gasteiger partial charge >= 0.3 is 0 Å². The maximum Gasteiger partial charge on any atom is 0.240 e. The van der Waals surface area contributed by atoms with E-state index in [0.29, 0.717) is 28.6 Å². The molecule has 1 aromatic carbocycles. The van der Waals surface area contributed by atoms with Gasteiger partial charge < -0.3 is 10.6 Å². The third-order valence-corrected chi connectivity index (χ3v) is 4.51. The van der Waals surface area contributed by atoms with E-state index in [9.17, 15) is 10.1 Å². The summed E-state index contributed by atoms with van der Waals surface area (Å²) in [6, 6.07) is 7.45. The normalized spacial score (nSPS) is 16.8. The van der Waals surface area contributed by atoms with Gasteiger partial charge in [-0.2, -0.15) is 5.26 Å². The Labute approximate surface area is 134 Å². The van der Waals surface area contributed by atoms with Gasteiger partial charge in [0.05, 0.1) is 28.3 Å². The first-order valence-electron chi connectivity index (χ1n) is 6.96. The molecule has 0 spiro atoms. The van der Waals surface area contributed by atoms with Crippen molar-refractivity contribution >= 4 is 34.8 Å². The van der Waals surface area contributed by atoms with Crippen LogP contribution in [0.1, 0.15) is 32.1 Å². The molecule has 0 aromatic heterocycles. The molecule has 1 aliphatic carbocycles. The molecule has 2 N–H and O–H groups in total. The van der Waals surface area contributed by atoms with Crippen molar-refractivity contribution in [1.82, 2.24) is 5.32 Å². The Bertz CT molecular complexity index is 563. The van der Waals surface area contributed by atoms with Crippen molar-refractivity contribution in [2.45, 2.75) is 37.6 Å². The molecule has 21 heavy (non-hydrogen) atoms. The zero-order chi connectivity index (χ0) is 15.3. The molecule has 0 atom stereocenters. The van der Waals surface area contributed by atoms with Gasteiger partial charge in [-0.3, -0.25) is 4.79 Å². The van der Waals surface area contributed by atoms with Crippen molar-refractivity contribution in [3.8, 4) is 6.07 Å². The first kappa shape index (κ1) is 15.9. The predicted octanol–water partition coefficient (Wildman–Crippen LogP) is 3.75. The van der Waals surface area contributed by atoms with Crippen molar-refractivity contribution in [2.24, 2.45) is 0 Å². The molecule has 1 fully saturated rings. The van der Waals surface area contributed by atoms with Crippen LogP contribution < -0.4 is 10.6 Å². The summed E-state index contributed by atoms with van der Waals surface area (Å²) in [6.07, 6.45) is 4.50. The number of rotatable bonds is 4. The van der Waals surface area contributed by atoms with Gasteiger partial charge in [-0.1, -0.05) is 48.5 Å². The average Bonchev–Trinajstić information content (AvgIpc) is 2.50. The zero-order valence-corrected chi connectivity index (χ0v) is 13.1. The van der Waals surface area contributed by atoms with Crippen molar-refractivity contribution in [2.75, 3.05) is 11.9 Å². The Morgan fingerprint density at radius 2 is 2.00 bits per heavy atom. The third kappa shape index (κ3) is 4.03. The number of amides is 1. The van der Waals surface area contributed by atoms with Gasteiger partial charge in [0.25, 0.3) is 0 Å². The molecule has 0 unspecified atom stereocenters. The second kappa shape index (κ2) is 7.02. The van der Waals surface area contributed by atoms with Gasteiger partial charge in [0.15, 0.2) is 0 Å². The van der Waals surface area contributed by atoms with E-state index in [1.165, 1.54) is 0 Å². The number of nitriles is 1. The van der Waals surface area contributed by atoms with Crippen LogP contribution in [0, 0.1) is 11.3 Å². The molecule has 0 heterocycles. The maximum atomic E-state index is 12.0. The Hall–Kier alpha value is -1.44. The van der Waals surface area contributed by atoms with Gasteiger partial charge in [-0.25, -0.2) is 0 Å². The summed E-state index contributed by atoms with van der Waals surface area (Å²) < 4.78 is 0. The molecule has 0 saturated heterocycles. The minimum Gasteiger partial charge on any atom is -0.375 e. The Kier molecular flexibility index (Phi) is 5.33. The number of halogens is 2. The van der Waals surface area contributed by atoms with Crippen LogP contribution >= 0.6 is 23.2 Å². The minimum atomic E-state index is -0.713. The van der Waals surface area contributed by atoms with E-state index in [1.54, 1.807) is 18.2 Å². The van der Waals surface area contributed by atoms with Crippen LogP contribution in [-0.2, 0) is 4.79 Å². The highest BCUT2D eigenvalue weighted by atomic mass is 35.5. The lowest BCUT2D eigenvalue weighted by Gasteiger charge is -2.31. The van der Waals surface area contributed by atoms with E-state index >= 15 is 0 Å². The Morgan fingerprint density at radius 1 is 1.29 bits per heavy atom. The Balaban J connectivity index is 1.93. The van der Waals surface area contributed by atoms with E-state index in [4.69, 9.17) is 23.2 Å². The fourth-order valence-electron chi connectivity index (χ4n) is 2.55. The molecular weight excluding hydrogens is 309 g/mol.